The normalized spacial score (nSPS) is 20.9. The van der Waals surface area contributed by atoms with E-state index in [1.807, 2.05) is 24.0 Å². The molecule has 0 fully saturated rings. The highest BCUT2D eigenvalue weighted by atomic mass is 16.5. The van der Waals surface area contributed by atoms with Gasteiger partial charge in [0.05, 0.1) is 5.69 Å². The highest BCUT2D eigenvalue weighted by molar-refractivity contribution is 5.99. The van der Waals surface area contributed by atoms with Crippen LogP contribution in [0.4, 0.5) is 5.69 Å². The van der Waals surface area contributed by atoms with E-state index in [-0.39, 0.29) is 17.8 Å². The summed E-state index contributed by atoms with van der Waals surface area (Å²) in [5.41, 5.74) is 3.29. The second-order valence-electron chi connectivity index (χ2n) is 5.01. The summed E-state index contributed by atoms with van der Waals surface area (Å²) in [6.45, 7) is 4.19. The fourth-order valence-corrected chi connectivity index (χ4v) is 2.88. The molecule has 2 aliphatic rings. The lowest BCUT2D eigenvalue weighted by Crippen LogP contribution is -2.34. The Morgan fingerprint density at radius 1 is 1.44 bits per heavy atom. The Hall–Kier alpha value is -1.84. The molecule has 4 heteroatoms. The SMILES string of the molecule is CC(=O)Oc1cc2c3c(c1)C(C)CC(=O)N3CC2. The van der Waals surface area contributed by atoms with Crippen LogP contribution in [-0.2, 0) is 16.0 Å². The standard InChI is InChI=1S/C14H15NO3/c1-8-5-13(17)15-4-3-10-6-11(18-9(2)16)7-12(8)14(10)15/h6-8H,3-5H2,1-2H3. The van der Waals surface area contributed by atoms with E-state index in [0.717, 1.165) is 29.8 Å². The molecule has 0 aromatic heterocycles. The minimum Gasteiger partial charge on any atom is -0.427 e. The van der Waals surface area contributed by atoms with E-state index in [1.54, 1.807) is 0 Å². The zero-order valence-electron chi connectivity index (χ0n) is 10.5. The third kappa shape index (κ3) is 1.60. The lowest BCUT2D eigenvalue weighted by atomic mass is 9.90. The first kappa shape index (κ1) is 11.3. The fourth-order valence-electron chi connectivity index (χ4n) is 2.88. The quantitative estimate of drug-likeness (QED) is 0.561. The van der Waals surface area contributed by atoms with Crippen LogP contribution in [0.3, 0.4) is 0 Å². The van der Waals surface area contributed by atoms with Gasteiger partial charge in [-0.15, -0.1) is 0 Å². The Morgan fingerprint density at radius 2 is 2.22 bits per heavy atom. The Bertz CT molecular complexity index is 550. The van der Waals surface area contributed by atoms with E-state index in [2.05, 4.69) is 0 Å². The van der Waals surface area contributed by atoms with Crippen molar-refractivity contribution < 1.29 is 14.3 Å². The number of benzene rings is 1. The third-order valence-corrected chi connectivity index (χ3v) is 3.64. The molecule has 0 N–H and O–H groups in total. The van der Waals surface area contributed by atoms with Crippen molar-refractivity contribution in [3.63, 3.8) is 0 Å². The number of ether oxygens (including phenoxy) is 1. The molecule has 2 heterocycles. The molecule has 1 unspecified atom stereocenters. The number of amides is 1. The maximum absolute atomic E-state index is 11.9. The van der Waals surface area contributed by atoms with E-state index >= 15 is 0 Å². The summed E-state index contributed by atoms with van der Waals surface area (Å²) in [4.78, 5) is 24.8. The minimum absolute atomic E-state index is 0.191. The Balaban J connectivity index is 2.11. The summed E-state index contributed by atoms with van der Waals surface area (Å²) >= 11 is 0. The van der Waals surface area contributed by atoms with Crippen molar-refractivity contribution in [3.8, 4) is 5.75 Å². The summed E-state index contributed by atoms with van der Waals surface area (Å²) in [5, 5.41) is 0. The van der Waals surface area contributed by atoms with E-state index in [4.69, 9.17) is 4.74 Å². The molecule has 0 radical (unpaired) electrons. The van der Waals surface area contributed by atoms with Crippen molar-refractivity contribution in [3.05, 3.63) is 23.3 Å². The molecule has 0 aliphatic carbocycles. The smallest absolute Gasteiger partial charge is 0.308 e. The van der Waals surface area contributed by atoms with Gasteiger partial charge in [0.25, 0.3) is 0 Å². The van der Waals surface area contributed by atoms with Crippen LogP contribution in [0.25, 0.3) is 0 Å². The molecule has 18 heavy (non-hydrogen) atoms. The zero-order valence-corrected chi connectivity index (χ0v) is 10.5. The first-order valence-corrected chi connectivity index (χ1v) is 6.22. The van der Waals surface area contributed by atoms with Gasteiger partial charge in [-0.3, -0.25) is 9.59 Å². The van der Waals surface area contributed by atoms with Gasteiger partial charge in [0.15, 0.2) is 0 Å². The minimum atomic E-state index is -0.309. The van der Waals surface area contributed by atoms with Gasteiger partial charge >= 0.3 is 5.97 Å². The molecule has 4 nitrogen and oxygen atoms in total. The monoisotopic (exact) mass is 245 g/mol. The average molecular weight is 245 g/mol. The van der Waals surface area contributed by atoms with Crippen molar-refractivity contribution in [1.29, 1.82) is 0 Å². The number of esters is 1. The molecule has 3 rings (SSSR count). The number of nitrogens with zero attached hydrogens (tertiary/aromatic N) is 1. The molecule has 1 aromatic carbocycles. The maximum Gasteiger partial charge on any atom is 0.308 e. The van der Waals surface area contributed by atoms with E-state index in [1.165, 1.54) is 6.92 Å². The highest BCUT2D eigenvalue weighted by Crippen LogP contribution is 2.43. The summed E-state index contributed by atoms with van der Waals surface area (Å²) in [6.07, 6.45) is 1.38. The molecule has 94 valence electrons. The van der Waals surface area contributed by atoms with Crippen LogP contribution < -0.4 is 9.64 Å². The number of carbonyl (C=O) groups excluding carboxylic acids is 2. The van der Waals surface area contributed by atoms with Gasteiger partial charge in [0.1, 0.15) is 5.75 Å². The predicted octanol–water partition coefficient (Wildman–Crippen LogP) is 2.01. The molecule has 0 saturated heterocycles. The van der Waals surface area contributed by atoms with Crippen LogP contribution in [0.15, 0.2) is 12.1 Å². The van der Waals surface area contributed by atoms with Crippen LogP contribution in [0, 0.1) is 0 Å². The molecule has 0 bridgehead atoms. The Labute approximate surface area is 106 Å². The van der Waals surface area contributed by atoms with Crippen LogP contribution in [-0.4, -0.2) is 18.4 Å². The van der Waals surface area contributed by atoms with E-state index < -0.39 is 0 Å². The van der Waals surface area contributed by atoms with Crippen LogP contribution >= 0.6 is 0 Å². The third-order valence-electron chi connectivity index (χ3n) is 3.64. The number of hydrogen-bond acceptors (Lipinski definition) is 3. The molecule has 1 aromatic rings. The van der Waals surface area contributed by atoms with Crippen molar-refractivity contribution >= 4 is 17.6 Å². The summed E-state index contributed by atoms with van der Waals surface area (Å²) in [5.74, 6) is 0.681. The van der Waals surface area contributed by atoms with Gasteiger partial charge in [0, 0.05) is 19.9 Å². The van der Waals surface area contributed by atoms with Crippen LogP contribution in [0.2, 0.25) is 0 Å². The second-order valence-corrected chi connectivity index (χ2v) is 5.01. The number of carbonyl (C=O) groups is 2. The predicted molar refractivity (Wildman–Crippen MR) is 66.8 cm³/mol. The first-order chi connectivity index (χ1) is 8.56. The number of hydrogen-bond donors (Lipinski definition) is 0. The van der Waals surface area contributed by atoms with E-state index in [9.17, 15) is 9.59 Å². The largest absolute Gasteiger partial charge is 0.427 e. The van der Waals surface area contributed by atoms with Crippen molar-refractivity contribution in [2.24, 2.45) is 0 Å². The zero-order chi connectivity index (χ0) is 12.9. The van der Waals surface area contributed by atoms with Crippen molar-refractivity contribution in [2.75, 3.05) is 11.4 Å². The van der Waals surface area contributed by atoms with Crippen molar-refractivity contribution in [1.82, 2.24) is 0 Å². The van der Waals surface area contributed by atoms with Gasteiger partial charge in [-0.25, -0.2) is 0 Å². The maximum atomic E-state index is 11.9. The topological polar surface area (TPSA) is 46.6 Å². The fraction of sp³-hybridized carbons (Fsp3) is 0.429. The number of rotatable bonds is 1. The van der Waals surface area contributed by atoms with Gasteiger partial charge in [-0.2, -0.15) is 0 Å². The summed E-state index contributed by atoms with van der Waals surface area (Å²) < 4.78 is 5.17. The molecule has 1 amide bonds. The first-order valence-electron chi connectivity index (χ1n) is 6.22. The number of anilines is 1. The average Bonchev–Trinajstić information content (AvgIpc) is 2.69. The molecular weight excluding hydrogens is 230 g/mol. The summed E-state index contributed by atoms with van der Waals surface area (Å²) in [6, 6.07) is 3.78. The Kier molecular flexibility index (Phi) is 2.40. The summed E-state index contributed by atoms with van der Waals surface area (Å²) in [7, 11) is 0. The molecule has 1 atom stereocenters. The van der Waals surface area contributed by atoms with Gasteiger partial charge < -0.3 is 9.64 Å². The second kappa shape index (κ2) is 3.83. The lowest BCUT2D eigenvalue weighted by Gasteiger charge is -2.29. The molecule has 0 saturated carbocycles. The van der Waals surface area contributed by atoms with Gasteiger partial charge in [0.2, 0.25) is 5.91 Å². The van der Waals surface area contributed by atoms with Crippen LogP contribution in [0.1, 0.15) is 37.3 Å². The molecule has 2 aliphatic heterocycles. The molecule has 0 spiro atoms. The Morgan fingerprint density at radius 3 is 2.94 bits per heavy atom. The highest BCUT2D eigenvalue weighted by Gasteiger charge is 2.35. The lowest BCUT2D eigenvalue weighted by molar-refractivity contribution is -0.131. The van der Waals surface area contributed by atoms with Crippen LogP contribution in [0.5, 0.6) is 5.75 Å². The van der Waals surface area contributed by atoms with E-state index in [0.29, 0.717) is 12.2 Å². The van der Waals surface area contributed by atoms with Gasteiger partial charge in [-0.1, -0.05) is 6.92 Å². The molecular formula is C14H15NO3. The van der Waals surface area contributed by atoms with Crippen molar-refractivity contribution in [2.45, 2.75) is 32.6 Å². The van der Waals surface area contributed by atoms with Gasteiger partial charge in [-0.05, 0) is 35.6 Å².